The molecule has 5 nitrogen and oxygen atoms in total. The van der Waals surface area contributed by atoms with E-state index in [1.807, 2.05) is 6.92 Å². The van der Waals surface area contributed by atoms with Crippen molar-refractivity contribution in [3.05, 3.63) is 35.4 Å². The molecule has 1 saturated carbocycles. The lowest BCUT2D eigenvalue weighted by Crippen LogP contribution is -2.46. The number of likely N-dealkylation sites (tertiary alicyclic amines) is 1. The Morgan fingerprint density at radius 3 is 2.75 bits per heavy atom. The second-order valence-electron chi connectivity index (χ2n) is 7.65. The monoisotopic (exact) mass is 398 g/mol. The largest absolute Gasteiger partial charge is 0.453 e. The molecule has 1 saturated heterocycles. The van der Waals surface area contributed by atoms with Crippen LogP contribution in [0.2, 0.25) is 0 Å². The summed E-state index contributed by atoms with van der Waals surface area (Å²) in [6, 6.07) is 5.58. The topological polar surface area (TPSA) is 58.6 Å². The van der Waals surface area contributed by atoms with E-state index in [0.717, 1.165) is 18.1 Å². The van der Waals surface area contributed by atoms with Gasteiger partial charge in [-0.1, -0.05) is 25.1 Å². The fraction of sp³-hybridized carbons (Fsp3) is 0.600. The number of carbonyl (C=O) groups excluding carboxylic acids is 2. The van der Waals surface area contributed by atoms with Gasteiger partial charge in [0.15, 0.2) is 0 Å². The van der Waals surface area contributed by atoms with Crippen LogP contribution in [0.5, 0.6) is 0 Å². The van der Waals surface area contributed by atoms with Gasteiger partial charge in [0.2, 0.25) is 5.91 Å². The average molecular weight is 398 g/mol. The second-order valence-corrected chi connectivity index (χ2v) is 7.65. The maximum absolute atomic E-state index is 13.0. The number of methoxy groups -OCH3 is 1. The highest BCUT2D eigenvalue weighted by atomic mass is 19.4. The number of alkyl halides is 3. The Morgan fingerprint density at radius 1 is 1.39 bits per heavy atom. The van der Waals surface area contributed by atoms with Crippen molar-refractivity contribution in [3.63, 3.8) is 0 Å². The molecule has 1 aliphatic carbocycles. The summed E-state index contributed by atoms with van der Waals surface area (Å²) in [5.41, 5.74) is -0.147. The number of nitrogens with zero attached hydrogens (tertiary/aromatic N) is 1. The highest BCUT2D eigenvalue weighted by Crippen LogP contribution is 2.59. The van der Waals surface area contributed by atoms with Gasteiger partial charge < -0.3 is 15.0 Å². The molecule has 154 valence electrons. The highest BCUT2D eigenvalue weighted by Gasteiger charge is 2.58. The van der Waals surface area contributed by atoms with Gasteiger partial charge in [-0.15, -0.1) is 0 Å². The number of nitrogens with one attached hydrogen (secondary N) is 1. The van der Waals surface area contributed by atoms with E-state index in [-0.39, 0.29) is 29.7 Å². The number of benzene rings is 1. The van der Waals surface area contributed by atoms with E-state index in [0.29, 0.717) is 25.9 Å². The van der Waals surface area contributed by atoms with Crippen molar-refractivity contribution in [3.8, 4) is 0 Å². The van der Waals surface area contributed by atoms with Crippen LogP contribution in [0.4, 0.5) is 18.0 Å². The molecule has 2 unspecified atom stereocenters. The van der Waals surface area contributed by atoms with Crippen LogP contribution in [0.1, 0.15) is 37.3 Å². The quantitative estimate of drug-likeness (QED) is 0.825. The lowest BCUT2D eigenvalue weighted by atomic mass is 9.86. The second kappa shape index (κ2) is 7.64. The average Bonchev–Trinajstić information content (AvgIpc) is 3.42. The number of hydrogen-bond donors (Lipinski definition) is 1. The Bertz CT molecular complexity index is 752. The minimum Gasteiger partial charge on any atom is -0.453 e. The lowest BCUT2D eigenvalue weighted by Gasteiger charge is -2.34. The first-order valence-corrected chi connectivity index (χ1v) is 9.49. The third-order valence-electron chi connectivity index (χ3n) is 6.10. The van der Waals surface area contributed by atoms with E-state index in [4.69, 9.17) is 0 Å². The third kappa shape index (κ3) is 3.95. The van der Waals surface area contributed by atoms with Crippen molar-refractivity contribution >= 4 is 12.0 Å². The molecule has 0 spiro atoms. The van der Waals surface area contributed by atoms with Crippen LogP contribution in [0, 0.1) is 11.8 Å². The summed E-state index contributed by atoms with van der Waals surface area (Å²) in [6.07, 6.45) is -2.88. The zero-order valence-corrected chi connectivity index (χ0v) is 16.0. The Labute approximate surface area is 162 Å². The molecule has 1 N–H and O–H groups in total. The van der Waals surface area contributed by atoms with Crippen LogP contribution in [0.15, 0.2) is 24.3 Å². The Balaban J connectivity index is 1.64. The Kier molecular flexibility index (Phi) is 5.59. The predicted molar refractivity (Wildman–Crippen MR) is 96.6 cm³/mol. The highest BCUT2D eigenvalue weighted by molar-refractivity contribution is 5.80. The van der Waals surface area contributed by atoms with E-state index in [1.54, 1.807) is 11.0 Å². The summed E-state index contributed by atoms with van der Waals surface area (Å²) in [5.74, 6) is -0.179. The molecule has 1 aliphatic heterocycles. The van der Waals surface area contributed by atoms with E-state index < -0.39 is 17.8 Å². The summed E-state index contributed by atoms with van der Waals surface area (Å²) in [6.45, 7) is 3.15. The number of alkyl carbamates (subject to hydrolysis) is 1. The molecule has 2 fully saturated rings. The van der Waals surface area contributed by atoms with E-state index in [2.05, 4.69) is 10.1 Å². The number of halogens is 3. The molecule has 8 heteroatoms. The minimum atomic E-state index is -4.35. The molecule has 1 aromatic carbocycles. The van der Waals surface area contributed by atoms with E-state index >= 15 is 0 Å². The molecule has 28 heavy (non-hydrogen) atoms. The van der Waals surface area contributed by atoms with Gasteiger partial charge in [-0.3, -0.25) is 4.79 Å². The number of fused-ring (bicyclic) bond motifs is 1. The summed E-state index contributed by atoms with van der Waals surface area (Å²) in [5, 5.41) is 2.56. The first kappa shape index (κ1) is 20.5. The maximum atomic E-state index is 13.0. The zero-order chi connectivity index (χ0) is 20.5. The molecular formula is C20H25F3N2O3. The summed E-state index contributed by atoms with van der Waals surface area (Å²) >= 11 is 0. The Morgan fingerprint density at radius 2 is 2.14 bits per heavy atom. The first-order valence-electron chi connectivity index (χ1n) is 9.49. The molecular weight excluding hydrogens is 373 g/mol. The van der Waals surface area contributed by atoms with Gasteiger partial charge in [0.25, 0.3) is 0 Å². The molecule has 1 heterocycles. The normalized spacial score (nSPS) is 24.9. The predicted octanol–water partition coefficient (Wildman–Crippen LogP) is 3.58. The number of amides is 2. The van der Waals surface area contributed by atoms with Gasteiger partial charge in [0.1, 0.15) is 0 Å². The van der Waals surface area contributed by atoms with Crippen molar-refractivity contribution in [2.24, 2.45) is 11.8 Å². The van der Waals surface area contributed by atoms with Crippen LogP contribution in [0.25, 0.3) is 0 Å². The summed E-state index contributed by atoms with van der Waals surface area (Å²) in [7, 11) is 1.27. The zero-order valence-electron chi connectivity index (χ0n) is 16.0. The summed E-state index contributed by atoms with van der Waals surface area (Å²) < 4.78 is 43.6. The molecule has 0 radical (unpaired) electrons. The number of hydrogen-bond acceptors (Lipinski definition) is 3. The van der Waals surface area contributed by atoms with Gasteiger partial charge in [-0.05, 0) is 36.8 Å². The van der Waals surface area contributed by atoms with Gasteiger partial charge in [-0.2, -0.15) is 13.2 Å². The van der Waals surface area contributed by atoms with E-state index in [1.165, 1.54) is 19.2 Å². The molecule has 2 amide bonds. The SMILES string of the molecule is CC[C@H](CNC(=O)OC)C(=O)N1CCC2(c3cccc(C(F)(F)F)c3)CC2C1. The first-order chi connectivity index (χ1) is 13.2. The maximum Gasteiger partial charge on any atom is 0.416 e. The van der Waals surface area contributed by atoms with Gasteiger partial charge in [0.05, 0.1) is 18.6 Å². The standard InChI is InChI=1S/C20H25F3N2O3/c1-3-13(11-24-18(27)28-2)17(26)25-8-7-19(10-16(19)12-25)14-5-4-6-15(9-14)20(21,22)23/h4-6,9,13,16H,3,7-8,10-12H2,1-2H3,(H,24,27)/t13-,16?,19?/m1/s1. The molecule has 1 aromatic rings. The smallest absolute Gasteiger partial charge is 0.416 e. The van der Waals surface area contributed by atoms with Crippen molar-refractivity contribution < 1.29 is 27.5 Å². The van der Waals surface area contributed by atoms with Crippen LogP contribution >= 0.6 is 0 Å². The van der Waals surface area contributed by atoms with Crippen LogP contribution in [-0.4, -0.2) is 43.6 Å². The fourth-order valence-electron chi connectivity index (χ4n) is 4.26. The van der Waals surface area contributed by atoms with Crippen molar-refractivity contribution in [1.82, 2.24) is 10.2 Å². The third-order valence-corrected chi connectivity index (χ3v) is 6.10. The van der Waals surface area contributed by atoms with Crippen molar-refractivity contribution in [2.45, 2.75) is 37.8 Å². The van der Waals surface area contributed by atoms with Gasteiger partial charge in [-0.25, -0.2) is 4.79 Å². The van der Waals surface area contributed by atoms with Crippen LogP contribution < -0.4 is 5.32 Å². The summed E-state index contributed by atoms with van der Waals surface area (Å²) in [4.78, 5) is 25.8. The Hall–Kier alpha value is -2.25. The number of piperidine rings is 1. The number of ether oxygens (including phenoxy) is 1. The van der Waals surface area contributed by atoms with Gasteiger partial charge in [0, 0.05) is 25.0 Å². The van der Waals surface area contributed by atoms with Crippen LogP contribution in [-0.2, 0) is 21.1 Å². The fourth-order valence-corrected chi connectivity index (χ4v) is 4.26. The van der Waals surface area contributed by atoms with E-state index in [9.17, 15) is 22.8 Å². The number of carbonyl (C=O) groups is 2. The molecule has 3 atom stereocenters. The van der Waals surface area contributed by atoms with Gasteiger partial charge >= 0.3 is 12.3 Å². The molecule has 2 aliphatic rings. The number of rotatable bonds is 5. The molecule has 3 rings (SSSR count). The van der Waals surface area contributed by atoms with Crippen LogP contribution in [0.3, 0.4) is 0 Å². The molecule has 0 bridgehead atoms. The van der Waals surface area contributed by atoms with Crippen molar-refractivity contribution in [2.75, 3.05) is 26.7 Å². The lowest BCUT2D eigenvalue weighted by molar-refractivity contribution is -0.137. The minimum absolute atomic E-state index is 0.0246. The molecule has 0 aromatic heterocycles. The van der Waals surface area contributed by atoms with Crippen molar-refractivity contribution in [1.29, 1.82) is 0 Å².